The molecule has 3 aromatic rings. The molecule has 0 saturated heterocycles. The fraction of sp³-hybridized carbons (Fsp3) is 0.333. The van der Waals surface area contributed by atoms with Gasteiger partial charge in [-0.05, 0) is 109 Å². The number of rotatable bonds is 11. The highest BCUT2D eigenvalue weighted by molar-refractivity contribution is 14.1. The number of hydrogen-bond donors (Lipinski definition) is 3. The Balaban J connectivity index is 1.35. The van der Waals surface area contributed by atoms with E-state index in [4.69, 9.17) is 9.72 Å². The van der Waals surface area contributed by atoms with Crippen molar-refractivity contribution in [3.8, 4) is 0 Å². The summed E-state index contributed by atoms with van der Waals surface area (Å²) in [7, 11) is -3.89. The molecule has 1 atom stereocenters. The van der Waals surface area contributed by atoms with Crippen LogP contribution in [0, 0.1) is 3.57 Å². The van der Waals surface area contributed by atoms with Crippen LogP contribution in [0.15, 0.2) is 65.6 Å². The quantitative estimate of drug-likeness (QED) is 0.215. The molecule has 2 aromatic carbocycles. The van der Waals surface area contributed by atoms with Crippen molar-refractivity contribution < 1.29 is 17.9 Å². The molecule has 10 heteroatoms. The van der Waals surface area contributed by atoms with Crippen molar-refractivity contribution in [1.82, 2.24) is 9.71 Å². The van der Waals surface area contributed by atoms with Gasteiger partial charge in [-0.2, -0.15) is 4.72 Å². The van der Waals surface area contributed by atoms with Gasteiger partial charge >= 0.3 is 5.97 Å². The van der Waals surface area contributed by atoms with E-state index in [0.29, 0.717) is 0 Å². The average Bonchev–Trinajstić information content (AvgIpc) is 2.90. The molecule has 0 saturated carbocycles. The summed E-state index contributed by atoms with van der Waals surface area (Å²) in [5.41, 5.74) is 4.29. The first-order valence-electron chi connectivity index (χ1n) is 12.3. The normalized spacial score (nSPS) is 13.8. The number of carbonyl (C=O) groups is 1. The smallest absolute Gasteiger partial charge is 0.326 e. The van der Waals surface area contributed by atoms with Gasteiger partial charge in [0.25, 0.3) is 0 Å². The highest BCUT2D eigenvalue weighted by Crippen LogP contribution is 2.21. The van der Waals surface area contributed by atoms with Crippen LogP contribution in [0.2, 0.25) is 0 Å². The third-order valence-electron chi connectivity index (χ3n) is 6.08. The minimum atomic E-state index is -3.89. The highest BCUT2D eigenvalue weighted by Gasteiger charge is 2.27. The van der Waals surface area contributed by atoms with Crippen LogP contribution in [0.3, 0.4) is 0 Å². The van der Waals surface area contributed by atoms with Crippen molar-refractivity contribution in [2.45, 2.75) is 43.5 Å². The Hall–Kier alpha value is -2.70. The number of anilines is 2. The molecule has 1 aliphatic rings. The predicted octanol–water partition coefficient (Wildman–Crippen LogP) is 4.15. The van der Waals surface area contributed by atoms with Gasteiger partial charge in [-0.15, -0.1) is 0 Å². The van der Waals surface area contributed by atoms with Gasteiger partial charge in [-0.3, -0.25) is 4.79 Å². The minimum absolute atomic E-state index is 0.0494. The van der Waals surface area contributed by atoms with Gasteiger partial charge in [0.1, 0.15) is 11.9 Å². The van der Waals surface area contributed by atoms with Crippen LogP contribution in [0.1, 0.15) is 30.2 Å². The van der Waals surface area contributed by atoms with Gasteiger partial charge in [0, 0.05) is 28.0 Å². The van der Waals surface area contributed by atoms with E-state index in [-0.39, 0.29) is 18.0 Å². The van der Waals surface area contributed by atoms with Crippen molar-refractivity contribution >= 4 is 50.1 Å². The number of hydrogen-bond acceptors (Lipinski definition) is 7. The molecule has 0 amide bonds. The zero-order valence-electron chi connectivity index (χ0n) is 20.7. The van der Waals surface area contributed by atoms with Crippen LogP contribution >= 0.6 is 22.6 Å². The molecule has 1 aromatic heterocycles. The Labute approximate surface area is 231 Å². The zero-order valence-corrected chi connectivity index (χ0v) is 23.6. The number of nitrogens with one attached hydrogen (secondary N) is 3. The second-order valence-electron chi connectivity index (χ2n) is 8.80. The Bertz CT molecular complexity index is 1320. The van der Waals surface area contributed by atoms with Gasteiger partial charge in [0.15, 0.2) is 0 Å². The molecular formula is C27H31IN4O4S. The summed E-state index contributed by atoms with van der Waals surface area (Å²) in [5.74, 6) is 0.379. The van der Waals surface area contributed by atoms with Crippen molar-refractivity contribution in [3.63, 3.8) is 0 Å². The van der Waals surface area contributed by atoms with Crippen molar-refractivity contribution in [2.75, 3.05) is 30.3 Å². The van der Waals surface area contributed by atoms with Gasteiger partial charge in [0.05, 0.1) is 11.5 Å². The first-order valence-corrected chi connectivity index (χ1v) is 14.9. The minimum Gasteiger partial charge on any atom is -0.465 e. The predicted molar refractivity (Wildman–Crippen MR) is 153 cm³/mol. The Kier molecular flexibility index (Phi) is 9.38. The Morgan fingerprint density at radius 2 is 1.84 bits per heavy atom. The number of fused-ring (bicyclic) bond motifs is 1. The fourth-order valence-electron chi connectivity index (χ4n) is 4.07. The number of sulfonamides is 1. The standard InChI is InChI=1S/C27H31IN4O4S/c1-2-36-27(33)25(32-37(34,35)24-15-9-21(28)10-16-24)18-30-22-11-5-19(6-12-22)7-13-23-14-8-20-4-3-17-29-26(20)31-23/h5-6,8-12,14-16,25,30,32H,2-4,7,13,17-18H2,1H3,(H,29,31)/t25-/m0/s1. The van der Waals surface area contributed by atoms with Crippen molar-refractivity contribution in [3.05, 3.63) is 81.1 Å². The summed E-state index contributed by atoms with van der Waals surface area (Å²) in [5, 5.41) is 6.53. The van der Waals surface area contributed by atoms with E-state index >= 15 is 0 Å². The zero-order chi connectivity index (χ0) is 26.3. The molecule has 0 fully saturated rings. The summed E-state index contributed by atoms with van der Waals surface area (Å²) >= 11 is 2.10. The second-order valence-corrected chi connectivity index (χ2v) is 11.8. The number of pyridine rings is 1. The van der Waals surface area contributed by atoms with Crippen LogP contribution < -0.4 is 15.4 Å². The van der Waals surface area contributed by atoms with Crippen LogP contribution in [0.4, 0.5) is 11.5 Å². The fourth-order valence-corrected chi connectivity index (χ4v) is 5.62. The summed E-state index contributed by atoms with van der Waals surface area (Å²) in [6.45, 7) is 2.87. The van der Waals surface area contributed by atoms with E-state index in [9.17, 15) is 13.2 Å². The molecule has 0 unspecified atom stereocenters. The molecule has 8 nitrogen and oxygen atoms in total. The lowest BCUT2D eigenvalue weighted by Crippen LogP contribution is -2.46. The number of esters is 1. The van der Waals surface area contributed by atoms with Crippen LogP contribution in [0.25, 0.3) is 0 Å². The van der Waals surface area contributed by atoms with Crippen LogP contribution in [-0.2, 0) is 38.8 Å². The molecule has 0 bridgehead atoms. The van der Waals surface area contributed by atoms with E-state index in [1.54, 1.807) is 19.1 Å². The third kappa shape index (κ3) is 7.65. The summed E-state index contributed by atoms with van der Waals surface area (Å²) in [4.78, 5) is 17.3. The number of carbonyl (C=O) groups excluding carboxylic acids is 1. The topological polar surface area (TPSA) is 109 Å². The highest BCUT2D eigenvalue weighted by atomic mass is 127. The molecule has 37 heavy (non-hydrogen) atoms. The van der Waals surface area contributed by atoms with Gasteiger partial charge < -0.3 is 15.4 Å². The Morgan fingerprint density at radius 3 is 2.57 bits per heavy atom. The first kappa shape index (κ1) is 27.3. The van der Waals surface area contributed by atoms with Crippen molar-refractivity contribution in [2.24, 2.45) is 0 Å². The largest absolute Gasteiger partial charge is 0.465 e. The molecule has 196 valence electrons. The van der Waals surface area contributed by atoms with Gasteiger partial charge in [-0.1, -0.05) is 18.2 Å². The number of nitrogens with zero attached hydrogens (tertiary/aromatic N) is 1. The van der Waals surface area contributed by atoms with Crippen molar-refractivity contribution in [1.29, 1.82) is 0 Å². The summed E-state index contributed by atoms with van der Waals surface area (Å²) < 4.78 is 34.2. The van der Waals surface area contributed by atoms with Gasteiger partial charge in [-0.25, -0.2) is 13.4 Å². The molecule has 3 N–H and O–H groups in total. The maximum atomic E-state index is 12.8. The molecular weight excluding hydrogens is 603 g/mol. The number of aromatic nitrogens is 1. The van der Waals surface area contributed by atoms with E-state index in [2.05, 4.69) is 50.1 Å². The lowest BCUT2D eigenvalue weighted by atomic mass is 10.0. The number of aryl methyl sites for hydroxylation is 3. The van der Waals surface area contributed by atoms with Crippen LogP contribution in [0.5, 0.6) is 0 Å². The third-order valence-corrected chi connectivity index (χ3v) is 8.29. The number of benzene rings is 2. The van der Waals surface area contributed by atoms with Gasteiger partial charge in [0.2, 0.25) is 10.0 Å². The molecule has 0 spiro atoms. The molecule has 0 aliphatic carbocycles. The van der Waals surface area contributed by atoms with Crippen LogP contribution in [-0.4, -0.2) is 45.1 Å². The lowest BCUT2D eigenvalue weighted by molar-refractivity contribution is -0.144. The monoisotopic (exact) mass is 634 g/mol. The lowest BCUT2D eigenvalue weighted by Gasteiger charge is -2.19. The molecule has 1 aliphatic heterocycles. The van der Waals surface area contributed by atoms with E-state index in [1.165, 1.54) is 23.3 Å². The maximum absolute atomic E-state index is 12.8. The summed E-state index contributed by atoms with van der Waals surface area (Å²) in [6.07, 6.45) is 3.92. The maximum Gasteiger partial charge on any atom is 0.326 e. The second kappa shape index (κ2) is 12.7. The number of halogens is 1. The first-order chi connectivity index (χ1) is 17.8. The average molecular weight is 635 g/mol. The van der Waals surface area contributed by atoms with E-state index < -0.39 is 22.0 Å². The Morgan fingerprint density at radius 1 is 1.08 bits per heavy atom. The van der Waals surface area contributed by atoms with E-state index in [1.807, 2.05) is 24.3 Å². The molecule has 4 rings (SSSR count). The molecule has 0 radical (unpaired) electrons. The SMILES string of the molecule is CCOC(=O)[C@H](CNc1ccc(CCc2ccc3c(n2)NCCC3)cc1)NS(=O)(=O)c1ccc(I)cc1. The van der Waals surface area contributed by atoms with E-state index in [0.717, 1.165) is 53.0 Å². The number of ether oxygens (including phenoxy) is 1. The summed E-state index contributed by atoms with van der Waals surface area (Å²) in [6, 6.07) is 17.5. The molecule has 2 heterocycles.